The molecule has 0 radical (unpaired) electrons. The van der Waals surface area contributed by atoms with Crippen molar-refractivity contribution in [3.05, 3.63) is 95.0 Å². The van der Waals surface area contributed by atoms with Gasteiger partial charge in [0.1, 0.15) is 12.1 Å². The van der Waals surface area contributed by atoms with E-state index < -0.39 is 0 Å². The van der Waals surface area contributed by atoms with E-state index in [-0.39, 0.29) is 0 Å². The number of halogens is 1. The van der Waals surface area contributed by atoms with Gasteiger partial charge >= 0.3 is 0 Å². The first-order chi connectivity index (χ1) is 21.0. The summed E-state index contributed by atoms with van der Waals surface area (Å²) in [5, 5.41) is 7.71. The second-order valence-electron chi connectivity index (χ2n) is 8.73. The van der Waals surface area contributed by atoms with Gasteiger partial charge in [-0.05, 0) is 62.8 Å². The van der Waals surface area contributed by atoms with Crippen LogP contribution in [0.3, 0.4) is 0 Å². The predicted molar refractivity (Wildman–Crippen MR) is 187 cm³/mol. The zero-order valence-corrected chi connectivity index (χ0v) is 28.1. The molecule has 0 saturated carbocycles. The maximum Gasteiger partial charge on any atom is 0.132 e. The molecular weight excluding hydrogens is 556 g/mol. The first-order valence-electron chi connectivity index (χ1n) is 15.0. The highest BCUT2D eigenvalue weighted by molar-refractivity contribution is 6.33. The van der Waals surface area contributed by atoms with E-state index in [0.29, 0.717) is 24.7 Å². The summed E-state index contributed by atoms with van der Waals surface area (Å²) in [5.41, 5.74) is 4.38. The summed E-state index contributed by atoms with van der Waals surface area (Å²) in [7, 11) is 3.00. The van der Waals surface area contributed by atoms with E-state index in [4.69, 9.17) is 26.4 Å². The van der Waals surface area contributed by atoms with E-state index >= 15 is 0 Å². The molecule has 1 N–H and O–H groups in total. The number of aryl methyl sites for hydroxylation is 1. The van der Waals surface area contributed by atoms with E-state index in [1.54, 1.807) is 6.92 Å². The van der Waals surface area contributed by atoms with Gasteiger partial charge in [-0.2, -0.15) is 0 Å². The van der Waals surface area contributed by atoms with Crippen molar-refractivity contribution < 1.29 is 14.6 Å². The normalized spacial score (nSPS) is 11.3. The van der Waals surface area contributed by atoms with Gasteiger partial charge in [-0.3, -0.25) is 0 Å². The zero-order valence-electron chi connectivity index (χ0n) is 27.4. The summed E-state index contributed by atoms with van der Waals surface area (Å²) in [4.78, 5) is 15.1. The van der Waals surface area contributed by atoms with E-state index in [9.17, 15) is 4.79 Å². The molecule has 0 amide bonds. The van der Waals surface area contributed by atoms with Crippen molar-refractivity contribution in [3.63, 3.8) is 0 Å². The lowest BCUT2D eigenvalue weighted by molar-refractivity contribution is -0.108. The van der Waals surface area contributed by atoms with Crippen molar-refractivity contribution in [2.75, 3.05) is 20.3 Å². The van der Waals surface area contributed by atoms with Crippen LogP contribution in [0, 0.1) is 12.3 Å². The number of benzene rings is 1. The van der Waals surface area contributed by atoms with Crippen molar-refractivity contribution in [1.82, 2.24) is 9.55 Å². The number of imidazole rings is 1. The Hall–Kier alpha value is -3.43. The Kier molecular flexibility index (Phi) is 29.1. The summed E-state index contributed by atoms with van der Waals surface area (Å²) < 4.78 is 7.55. The minimum absolute atomic E-state index is 0.561. The Balaban J connectivity index is 0. The van der Waals surface area contributed by atoms with Crippen LogP contribution in [0.2, 0.25) is 5.02 Å². The Morgan fingerprint density at radius 1 is 1.14 bits per heavy atom. The molecule has 1 aromatic carbocycles. The third-order valence-electron chi connectivity index (χ3n) is 5.59. The molecule has 0 unspecified atom stereocenters. The number of aliphatic hydroxyl groups is 1. The topological polar surface area (TPSA) is 64.4 Å². The van der Waals surface area contributed by atoms with Gasteiger partial charge in [-0.25, -0.2) is 4.98 Å². The highest BCUT2D eigenvalue weighted by Crippen LogP contribution is 2.26. The molecule has 0 saturated heterocycles. The van der Waals surface area contributed by atoms with Crippen molar-refractivity contribution in [3.8, 4) is 23.6 Å². The molecule has 0 aliphatic carbocycles. The van der Waals surface area contributed by atoms with E-state index in [1.165, 1.54) is 11.1 Å². The number of hydrogen-bond acceptors (Lipinski definition) is 4. The van der Waals surface area contributed by atoms with Gasteiger partial charge in [-0.1, -0.05) is 99.5 Å². The minimum atomic E-state index is 0.561. The molecule has 0 aliphatic rings. The highest BCUT2D eigenvalue weighted by atomic mass is 35.5. The Bertz CT molecular complexity index is 1180. The quantitative estimate of drug-likeness (QED) is 0.0677. The number of ether oxygens (including phenoxy) is 1. The Morgan fingerprint density at radius 2 is 1.84 bits per heavy atom. The number of hydrogen-bond donors (Lipinski definition) is 1. The average Bonchev–Trinajstić information content (AvgIpc) is 3.40. The number of aliphatic hydroxyl groups excluding tert-OH is 1. The fourth-order valence-corrected chi connectivity index (χ4v) is 3.84. The van der Waals surface area contributed by atoms with Crippen molar-refractivity contribution >= 4 is 24.0 Å². The zero-order chi connectivity index (χ0) is 32.7. The van der Waals surface area contributed by atoms with Crippen LogP contribution in [0.25, 0.3) is 17.3 Å². The van der Waals surface area contributed by atoms with Crippen molar-refractivity contribution in [2.24, 2.45) is 7.05 Å². The van der Waals surface area contributed by atoms with Crippen LogP contribution in [0.4, 0.5) is 0 Å². The summed E-state index contributed by atoms with van der Waals surface area (Å²) in [6.07, 6.45) is 30.0. The average molecular weight is 609 g/mol. The summed E-state index contributed by atoms with van der Waals surface area (Å²) in [6.45, 7) is 11.1. The molecule has 6 heteroatoms. The first kappa shape index (κ1) is 41.7. The minimum Gasteiger partial charge on any atom is -0.400 e. The van der Waals surface area contributed by atoms with Gasteiger partial charge in [0.05, 0.1) is 17.3 Å². The number of terminal acetylenes is 1. The maximum atomic E-state index is 10.3. The Morgan fingerprint density at radius 3 is 2.47 bits per heavy atom. The molecule has 5 nitrogen and oxygen atoms in total. The fourth-order valence-electron chi connectivity index (χ4n) is 3.61. The summed E-state index contributed by atoms with van der Waals surface area (Å²) >= 11 is 6.33. The molecule has 0 aliphatic heterocycles. The molecule has 0 fully saturated rings. The van der Waals surface area contributed by atoms with Crippen LogP contribution >= 0.6 is 11.6 Å². The smallest absolute Gasteiger partial charge is 0.132 e. The number of rotatable bonds is 16. The van der Waals surface area contributed by atoms with Crippen LogP contribution in [0.5, 0.6) is 0 Å². The number of unbranched alkanes of at least 4 members (excludes halogenated alkanes) is 2. The van der Waals surface area contributed by atoms with Crippen LogP contribution < -0.4 is 0 Å². The molecule has 1 aromatic heterocycles. The van der Waals surface area contributed by atoms with Gasteiger partial charge in [0, 0.05) is 38.9 Å². The predicted octanol–water partition coefficient (Wildman–Crippen LogP) is 9.59. The van der Waals surface area contributed by atoms with E-state index in [2.05, 4.69) is 68.7 Å². The standard InChI is InChI=1S/C31H39ClN2O2.C3H4.C2H6.CH4O/c1-4-6-16-27(18-12-14-23-36-24-15-13-22-35)26(5-2)17-8-7-9-21-31-33-30(25-34(31)3)28-19-10-11-20-29(28)32;1-3-2;2*1-2/h5,8-12,14,16-17,19-22,25H,4,6-7,13,15,18,23-24H2,1-3H3;1H,2H3;1-2H3;2H,1H3/b14-12-,17-8-,21-9+,26-5+,27-16+;;;. The summed E-state index contributed by atoms with van der Waals surface area (Å²) in [6, 6.07) is 7.77. The molecule has 2 aromatic rings. The molecule has 0 bridgehead atoms. The lowest BCUT2D eigenvalue weighted by atomic mass is 9.99. The van der Waals surface area contributed by atoms with Gasteiger partial charge in [-0.15, -0.1) is 12.3 Å². The van der Waals surface area contributed by atoms with Gasteiger partial charge in [0.15, 0.2) is 0 Å². The fraction of sp³-hybridized carbons (Fsp3) is 0.405. The van der Waals surface area contributed by atoms with Crippen LogP contribution in [-0.2, 0) is 16.6 Å². The molecule has 43 heavy (non-hydrogen) atoms. The monoisotopic (exact) mass is 608 g/mol. The van der Waals surface area contributed by atoms with Crippen LogP contribution in [0.15, 0.2) is 84.1 Å². The molecule has 0 spiro atoms. The van der Waals surface area contributed by atoms with Crippen LogP contribution in [0.1, 0.15) is 79.0 Å². The largest absolute Gasteiger partial charge is 0.400 e. The Labute approximate surface area is 266 Å². The van der Waals surface area contributed by atoms with Gasteiger partial charge in [0.2, 0.25) is 0 Å². The van der Waals surface area contributed by atoms with Gasteiger partial charge < -0.3 is 19.2 Å². The van der Waals surface area contributed by atoms with Crippen LogP contribution in [-0.4, -0.2) is 41.3 Å². The third kappa shape index (κ3) is 19.4. The third-order valence-corrected chi connectivity index (χ3v) is 5.92. The van der Waals surface area contributed by atoms with Gasteiger partial charge in [0.25, 0.3) is 0 Å². The lowest BCUT2D eigenvalue weighted by Crippen LogP contribution is -1.94. The molecule has 2 rings (SSSR count). The number of nitrogens with zero attached hydrogens (tertiary/aromatic N) is 2. The molecule has 1 heterocycles. The maximum absolute atomic E-state index is 10.3. The highest BCUT2D eigenvalue weighted by Gasteiger charge is 2.08. The second-order valence-corrected chi connectivity index (χ2v) is 9.13. The number of carbonyl (C=O) groups excluding carboxylic acids is 1. The number of aldehydes is 1. The van der Waals surface area contributed by atoms with Crippen molar-refractivity contribution in [2.45, 2.75) is 73.1 Å². The van der Waals surface area contributed by atoms with Crippen molar-refractivity contribution in [1.29, 1.82) is 0 Å². The lowest BCUT2D eigenvalue weighted by Gasteiger charge is -2.07. The second kappa shape index (κ2) is 30.0. The number of aromatic nitrogens is 2. The van der Waals surface area contributed by atoms with E-state index in [0.717, 1.165) is 62.6 Å². The molecule has 0 atom stereocenters. The first-order valence-corrected chi connectivity index (χ1v) is 15.4. The molecule has 236 valence electrons. The van der Waals surface area contributed by atoms with E-state index in [1.807, 2.05) is 62.0 Å². The number of carbonyl (C=O) groups is 1. The number of allylic oxidation sites excluding steroid dienone is 8. The summed E-state index contributed by atoms with van der Waals surface area (Å²) in [5.74, 6) is 3.15. The SMILES string of the molecule is C#CC.C/C=C(\C=C/C/C=C/c1nc(-c2ccccc2Cl)cn1C)C(=C/CCC)/C/C=C\COCCCC=O.CC.CO. The molecular formula is C37H53ClN2O3.